The van der Waals surface area contributed by atoms with Crippen LogP contribution >= 0.6 is 11.3 Å². The van der Waals surface area contributed by atoms with E-state index in [1.165, 1.54) is 11.3 Å². The van der Waals surface area contributed by atoms with E-state index in [0.717, 1.165) is 24.2 Å². The van der Waals surface area contributed by atoms with Gasteiger partial charge >= 0.3 is 0 Å². The third-order valence-electron chi connectivity index (χ3n) is 3.85. The van der Waals surface area contributed by atoms with E-state index in [1.807, 2.05) is 24.3 Å². The average Bonchev–Trinajstić information content (AvgIpc) is 3.17. The van der Waals surface area contributed by atoms with Gasteiger partial charge in [0.1, 0.15) is 4.88 Å². The fourth-order valence-corrected chi connectivity index (χ4v) is 3.40. The van der Waals surface area contributed by atoms with Crippen LogP contribution in [0.15, 0.2) is 35.7 Å². The lowest BCUT2D eigenvalue weighted by Crippen LogP contribution is -2.23. The molecule has 1 saturated heterocycles. The van der Waals surface area contributed by atoms with E-state index in [1.54, 1.807) is 16.3 Å². The Kier molecular flexibility index (Phi) is 4.61. The SMILES string of the molecule is NC(=O)c1sccc1NC(=O)Cc1ccc(N2CCCC2=O)cc1. The highest BCUT2D eigenvalue weighted by atomic mass is 32.1. The van der Waals surface area contributed by atoms with E-state index >= 15 is 0 Å². The molecule has 0 saturated carbocycles. The Labute approximate surface area is 143 Å². The number of primary amides is 1. The van der Waals surface area contributed by atoms with E-state index in [4.69, 9.17) is 5.73 Å². The Morgan fingerprint density at radius 1 is 1.21 bits per heavy atom. The van der Waals surface area contributed by atoms with Crippen molar-refractivity contribution in [2.45, 2.75) is 19.3 Å². The zero-order chi connectivity index (χ0) is 17.1. The van der Waals surface area contributed by atoms with E-state index in [9.17, 15) is 14.4 Å². The molecule has 0 unspecified atom stereocenters. The van der Waals surface area contributed by atoms with Crippen LogP contribution in [0.1, 0.15) is 28.1 Å². The summed E-state index contributed by atoms with van der Waals surface area (Å²) in [5, 5.41) is 4.41. The van der Waals surface area contributed by atoms with Gasteiger partial charge in [-0.25, -0.2) is 0 Å². The number of carbonyl (C=O) groups is 3. The number of nitrogens with two attached hydrogens (primary N) is 1. The number of hydrogen-bond donors (Lipinski definition) is 2. The zero-order valence-electron chi connectivity index (χ0n) is 13.0. The van der Waals surface area contributed by atoms with Crippen molar-refractivity contribution >= 4 is 40.4 Å². The molecule has 1 aliphatic heterocycles. The van der Waals surface area contributed by atoms with Crippen LogP contribution in [-0.2, 0) is 16.0 Å². The van der Waals surface area contributed by atoms with Crippen LogP contribution in [0.5, 0.6) is 0 Å². The van der Waals surface area contributed by atoms with Crippen molar-refractivity contribution in [2.75, 3.05) is 16.8 Å². The summed E-state index contributed by atoms with van der Waals surface area (Å²) in [4.78, 5) is 37.2. The third-order valence-corrected chi connectivity index (χ3v) is 4.78. The summed E-state index contributed by atoms with van der Waals surface area (Å²) in [5.74, 6) is -0.641. The zero-order valence-corrected chi connectivity index (χ0v) is 13.8. The van der Waals surface area contributed by atoms with Gasteiger partial charge in [0.2, 0.25) is 11.8 Å². The minimum atomic E-state index is -0.556. The molecule has 0 radical (unpaired) electrons. The standard InChI is InChI=1S/C17H17N3O3S/c18-17(23)16-13(7-9-24-16)19-14(21)10-11-3-5-12(6-4-11)20-8-1-2-15(20)22/h3-7,9H,1-2,8,10H2,(H2,18,23)(H,19,21). The van der Waals surface area contributed by atoms with Gasteiger partial charge in [-0.1, -0.05) is 12.1 Å². The highest BCUT2D eigenvalue weighted by Gasteiger charge is 2.21. The number of rotatable bonds is 5. The molecule has 1 aliphatic rings. The minimum Gasteiger partial charge on any atom is -0.365 e. The van der Waals surface area contributed by atoms with Crippen molar-refractivity contribution < 1.29 is 14.4 Å². The minimum absolute atomic E-state index is 0.136. The fraction of sp³-hybridized carbons (Fsp3) is 0.235. The highest BCUT2D eigenvalue weighted by Crippen LogP contribution is 2.23. The first-order valence-corrected chi connectivity index (χ1v) is 8.49. The predicted molar refractivity (Wildman–Crippen MR) is 93.2 cm³/mol. The van der Waals surface area contributed by atoms with Crippen LogP contribution in [0.4, 0.5) is 11.4 Å². The molecular weight excluding hydrogens is 326 g/mol. The molecule has 124 valence electrons. The van der Waals surface area contributed by atoms with Gasteiger partial charge < -0.3 is 16.0 Å². The summed E-state index contributed by atoms with van der Waals surface area (Å²) in [6.07, 6.45) is 1.65. The average molecular weight is 343 g/mol. The molecule has 2 aromatic rings. The third kappa shape index (κ3) is 3.46. The van der Waals surface area contributed by atoms with Crippen molar-refractivity contribution in [1.29, 1.82) is 0 Å². The molecule has 1 aromatic heterocycles. The maximum absolute atomic E-state index is 12.1. The van der Waals surface area contributed by atoms with Crippen LogP contribution in [0.25, 0.3) is 0 Å². The molecule has 2 heterocycles. The Morgan fingerprint density at radius 3 is 2.58 bits per heavy atom. The lowest BCUT2D eigenvalue weighted by Gasteiger charge is -2.15. The van der Waals surface area contributed by atoms with Gasteiger partial charge in [-0.3, -0.25) is 14.4 Å². The lowest BCUT2D eigenvalue weighted by atomic mass is 10.1. The number of anilines is 2. The van der Waals surface area contributed by atoms with Crippen LogP contribution in [0.3, 0.4) is 0 Å². The summed E-state index contributed by atoms with van der Waals surface area (Å²) < 4.78 is 0. The highest BCUT2D eigenvalue weighted by molar-refractivity contribution is 7.12. The Morgan fingerprint density at radius 2 is 1.96 bits per heavy atom. The molecule has 1 fully saturated rings. The first-order valence-electron chi connectivity index (χ1n) is 7.61. The Balaban J connectivity index is 1.63. The van der Waals surface area contributed by atoms with E-state index in [0.29, 0.717) is 17.0 Å². The van der Waals surface area contributed by atoms with Gasteiger partial charge in [-0.2, -0.15) is 0 Å². The van der Waals surface area contributed by atoms with Crippen LogP contribution in [-0.4, -0.2) is 24.3 Å². The van der Waals surface area contributed by atoms with E-state index < -0.39 is 5.91 Å². The maximum atomic E-state index is 12.1. The summed E-state index contributed by atoms with van der Waals surface area (Å²) in [5.41, 5.74) is 7.39. The van der Waals surface area contributed by atoms with Crippen LogP contribution in [0.2, 0.25) is 0 Å². The van der Waals surface area contributed by atoms with Crippen molar-refractivity contribution in [2.24, 2.45) is 5.73 Å². The first kappa shape index (κ1) is 16.2. The Hall–Kier alpha value is -2.67. The van der Waals surface area contributed by atoms with E-state index in [2.05, 4.69) is 5.32 Å². The topological polar surface area (TPSA) is 92.5 Å². The van der Waals surface area contributed by atoms with Gasteiger partial charge in [0.05, 0.1) is 12.1 Å². The second-order valence-corrected chi connectivity index (χ2v) is 6.48. The van der Waals surface area contributed by atoms with Crippen molar-refractivity contribution in [3.8, 4) is 0 Å². The molecule has 6 nitrogen and oxygen atoms in total. The molecule has 3 amide bonds. The fourth-order valence-electron chi connectivity index (χ4n) is 2.69. The predicted octanol–water partition coefficient (Wildman–Crippen LogP) is 2.16. The largest absolute Gasteiger partial charge is 0.365 e. The summed E-state index contributed by atoms with van der Waals surface area (Å²) in [6, 6.07) is 9.04. The number of hydrogen-bond acceptors (Lipinski definition) is 4. The maximum Gasteiger partial charge on any atom is 0.260 e. The lowest BCUT2D eigenvalue weighted by molar-refractivity contribution is -0.117. The van der Waals surface area contributed by atoms with Crippen LogP contribution < -0.4 is 16.0 Å². The molecule has 0 spiro atoms. The molecular formula is C17H17N3O3S. The molecule has 0 aliphatic carbocycles. The van der Waals surface area contributed by atoms with Crippen molar-refractivity contribution in [3.63, 3.8) is 0 Å². The number of thiophene rings is 1. The molecule has 3 rings (SSSR count). The normalized spacial score (nSPS) is 14.0. The number of amides is 3. The number of benzene rings is 1. The molecule has 1 aromatic carbocycles. The Bertz CT molecular complexity index is 783. The van der Waals surface area contributed by atoms with Crippen molar-refractivity contribution in [1.82, 2.24) is 0 Å². The second-order valence-electron chi connectivity index (χ2n) is 5.57. The monoisotopic (exact) mass is 343 g/mol. The molecule has 0 bridgehead atoms. The van der Waals surface area contributed by atoms with Gasteiger partial charge in [0, 0.05) is 18.7 Å². The van der Waals surface area contributed by atoms with Crippen LogP contribution in [0, 0.1) is 0 Å². The number of nitrogens with zero attached hydrogens (tertiary/aromatic N) is 1. The van der Waals surface area contributed by atoms with Gasteiger partial charge in [-0.15, -0.1) is 11.3 Å². The summed E-state index contributed by atoms with van der Waals surface area (Å²) in [6.45, 7) is 0.743. The molecule has 7 heteroatoms. The van der Waals surface area contributed by atoms with E-state index in [-0.39, 0.29) is 18.2 Å². The summed E-state index contributed by atoms with van der Waals surface area (Å²) >= 11 is 1.20. The second kappa shape index (κ2) is 6.84. The quantitative estimate of drug-likeness (QED) is 0.871. The van der Waals surface area contributed by atoms with Gasteiger partial charge in [0.25, 0.3) is 5.91 Å². The van der Waals surface area contributed by atoms with Crippen molar-refractivity contribution in [3.05, 3.63) is 46.2 Å². The van der Waals surface area contributed by atoms with Gasteiger partial charge in [0.15, 0.2) is 0 Å². The van der Waals surface area contributed by atoms with Gasteiger partial charge in [-0.05, 0) is 35.6 Å². The number of nitrogens with one attached hydrogen (secondary N) is 1. The smallest absolute Gasteiger partial charge is 0.260 e. The number of carbonyl (C=O) groups excluding carboxylic acids is 3. The first-order chi connectivity index (χ1) is 11.5. The molecule has 3 N–H and O–H groups in total. The molecule has 0 atom stereocenters. The molecule has 24 heavy (non-hydrogen) atoms. The summed E-state index contributed by atoms with van der Waals surface area (Å²) in [7, 11) is 0.